The Hall–Kier alpha value is -2.76. The van der Waals surface area contributed by atoms with Crippen molar-refractivity contribution in [2.24, 2.45) is 0 Å². The third-order valence-electron chi connectivity index (χ3n) is 3.38. The summed E-state index contributed by atoms with van der Waals surface area (Å²) in [5.41, 5.74) is 0.0179. The fraction of sp³-hybridized carbons (Fsp3) is 0.200. The summed E-state index contributed by atoms with van der Waals surface area (Å²) in [4.78, 5) is 34.8. The Kier molecular flexibility index (Phi) is 3.98. The van der Waals surface area contributed by atoms with Gasteiger partial charge < -0.3 is 0 Å². The van der Waals surface area contributed by atoms with Crippen LogP contribution in [-0.2, 0) is 0 Å². The van der Waals surface area contributed by atoms with E-state index in [2.05, 4.69) is 0 Å². The van der Waals surface area contributed by atoms with Gasteiger partial charge in [0.2, 0.25) is 0 Å². The first-order valence-corrected chi connectivity index (χ1v) is 6.39. The number of carbonyl (C=O) groups excluding carboxylic acids is 1. The molecule has 21 heavy (non-hydrogen) atoms. The number of Topliss-reactive ketones (excluding diaryl/α,β-unsaturated/α-hetero) is 1. The van der Waals surface area contributed by atoms with Crippen molar-refractivity contribution in [1.82, 2.24) is 4.57 Å². The summed E-state index contributed by atoms with van der Waals surface area (Å²) >= 11 is 0. The number of benzene rings is 1. The van der Waals surface area contributed by atoms with Gasteiger partial charge in [-0.15, -0.1) is 0 Å². The van der Waals surface area contributed by atoms with Crippen molar-refractivity contribution in [3.05, 3.63) is 74.2 Å². The Morgan fingerprint density at radius 3 is 2.38 bits per heavy atom. The van der Waals surface area contributed by atoms with E-state index in [1.807, 2.05) is 0 Å². The van der Waals surface area contributed by atoms with Crippen molar-refractivity contribution in [2.45, 2.75) is 19.9 Å². The Balaban J connectivity index is 2.51. The van der Waals surface area contributed by atoms with Gasteiger partial charge in [0.05, 0.1) is 16.7 Å². The van der Waals surface area contributed by atoms with E-state index in [0.29, 0.717) is 5.56 Å². The van der Waals surface area contributed by atoms with Crippen LogP contribution in [0.5, 0.6) is 0 Å². The molecule has 1 atom stereocenters. The molecule has 1 aromatic carbocycles. The smallest absolute Gasteiger partial charge is 0.288 e. The molecule has 1 unspecified atom stereocenters. The van der Waals surface area contributed by atoms with Gasteiger partial charge in [-0.1, -0.05) is 30.3 Å². The van der Waals surface area contributed by atoms with Crippen molar-refractivity contribution in [2.75, 3.05) is 0 Å². The molecule has 0 N–H and O–H groups in total. The molecular weight excluding hydrogens is 272 g/mol. The molecule has 0 aliphatic heterocycles. The lowest BCUT2D eigenvalue weighted by atomic mass is 10.0. The number of nitro groups is 1. The molecular formula is C15H14N2O4. The molecule has 6 nitrogen and oxygen atoms in total. The summed E-state index contributed by atoms with van der Waals surface area (Å²) in [5.74, 6) is -0.263. The number of ketones is 1. The van der Waals surface area contributed by atoms with Crippen LogP contribution in [-0.4, -0.2) is 15.3 Å². The molecule has 2 aromatic rings. The Morgan fingerprint density at radius 2 is 1.81 bits per heavy atom. The molecule has 0 fully saturated rings. The van der Waals surface area contributed by atoms with Gasteiger partial charge in [0.15, 0.2) is 5.78 Å². The minimum atomic E-state index is -0.806. The zero-order valence-electron chi connectivity index (χ0n) is 11.6. The van der Waals surface area contributed by atoms with E-state index in [-0.39, 0.29) is 17.2 Å². The third-order valence-corrected chi connectivity index (χ3v) is 3.38. The number of aromatic nitrogens is 1. The van der Waals surface area contributed by atoms with Crippen molar-refractivity contribution in [1.29, 1.82) is 0 Å². The van der Waals surface area contributed by atoms with Crippen molar-refractivity contribution < 1.29 is 9.72 Å². The predicted octanol–water partition coefficient (Wildman–Crippen LogP) is 2.51. The van der Waals surface area contributed by atoms with Gasteiger partial charge in [0.1, 0.15) is 0 Å². The van der Waals surface area contributed by atoms with Crippen molar-refractivity contribution in [3.63, 3.8) is 0 Å². The first-order valence-electron chi connectivity index (χ1n) is 6.39. The second-order valence-electron chi connectivity index (χ2n) is 4.68. The van der Waals surface area contributed by atoms with E-state index in [1.165, 1.54) is 6.92 Å². The SMILES string of the molecule is Cc1c([N+](=O)[O-])ccc(=O)n1C(C)C(=O)c1ccccc1. The third kappa shape index (κ3) is 2.74. The molecule has 6 heteroatoms. The molecule has 1 heterocycles. The summed E-state index contributed by atoms with van der Waals surface area (Å²) < 4.78 is 1.16. The van der Waals surface area contributed by atoms with Crippen LogP contribution in [0.2, 0.25) is 0 Å². The van der Waals surface area contributed by atoms with Crippen molar-refractivity contribution in [3.8, 4) is 0 Å². The molecule has 0 saturated heterocycles. The van der Waals surface area contributed by atoms with E-state index in [9.17, 15) is 19.7 Å². The molecule has 0 spiro atoms. The maximum Gasteiger partial charge on any atom is 0.288 e. The van der Waals surface area contributed by atoms with Crippen LogP contribution in [0.4, 0.5) is 5.69 Å². The Bertz CT molecular complexity index is 750. The van der Waals surface area contributed by atoms with Gasteiger partial charge in [0.25, 0.3) is 11.2 Å². The van der Waals surface area contributed by atoms with E-state index >= 15 is 0 Å². The lowest BCUT2D eigenvalue weighted by Gasteiger charge is -2.16. The number of hydrogen-bond donors (Lipinski definition) is 0. The fourth-order valence-corrected chi connectivity index (χ4v) is 2.28. The minimum absolute atomic E-state index is 0.171. The number of nitrogens with zero attached hydrogens (tertiary/aromatic N) is 2. The lowest BCUT2D eigenvalue weighted by molar-refractivity contribution is -0.386. The zero-order valence-corrected chi connectivity index (χ0v) is 11.6. The van der Waals surface area contributed by atoms with Gasteiger partial charge in [-0.05, 0) is 13.8 Å². The highest BCUT2D eigenvalue weighted by Gasteiger charge is 2.23. The van der Waals surface area contributed by atoms with Crippen LogP contribution in [0, 0.1) is 17.0 Å². The molecule has 2 rings (SSSR count). The molecule has 0 aliphatic rings. The number of pyridine rings is 1. The van der Waals surface area contributed by atoms with Crippen LogP contribution >= 0.6 is 0 Å². The second kappa shape index (κ2) is 5.70. The van der Waals surface area contributed by atoms with Gasteiger partial charge in [-0.2, -0.15) is 0 Å². The number of hydrogen-bond acceptors (Lipinski definition) is 4. The van der Waals surface area contributed by atoms with Crippen LogP contribution in [0.1, 0.15) is 29.0 Å². The molecule has 0 radical (unpaired) electrons. The van der Waals surface area contributed by atoms with Crippen molar-refractivity contribution >= 4 is 11.5 Å². The molecule has 0 amide bonds. The standard InChI is InChI=1S/C15H14N2O4/c1-10-13(17(20)21)8-9-14(18)16(10)11(2)15(19)12-6-4-3-5-7-12/h3-9,11H,1-2H3. The fourth-order valence-electron chi connectivity index (χ4n) is 2.28. The maximum absolute atomic E-state index is 12.4. The average Bonchev–Trinajstić information content (AvgIpc) is 2.46. The average molecular weight is 286 g/mol. The summed E-state index contributed by atoms with van der Waals surface area (Å²) in [5, 5.41) is 11.0. The summed E-state index contributed by atoms with van der Waals surface area (Å²) in [6.45, 7) is 3.03. The van der Waals surface area contributed by atoms with Crippen LogP contribution in [0.15, 0.2) is 47.3 Å². The van der Waals surface area contributed by atoms with Gasteiger partial charge in [0, 0.05) is 17.7 Å². The summed E-state index contributed by atoms with van der Waals surface area (Å²) in [6.07, 6.45) is 0. The highest BCUT2D eigenvalue weighted by molar-refractivity contribution is 5.98. The normalized spacial score (nSPS) is 11.9. The van der Waals surface area contributed by atoms with Crippen LogP contribution in [0.25, 0.3) is 0 Å². The largest absolute Gasteiger partial charge is 0.296 e. The number of rotatable bonds is 4. The van der Waals surface area contributed by atoms with Crippen LogP contribution in [0.3, 0.4) is 0 Å². The molecule has 0 aliphatic carbocycles. The summed E-state index contributed by atoms with van der Waals surface area (Å²) in [6, 6.07) is 10.00. The van der Waals surface area contributed by atoms with E-state index in [0.717, 1.165) is 16.7 Å². The minimum Gasteiger partial charge on any atom is -0.296 e. The summed E-state index contributed by atoms with van der Waals surface area (Å²) in [7, 11) is 0. The second-order valence-corrected chi connectivity index (χ2v) is 4.68. The quantitative estimate of drug-likeness (QED) is 0.491. The number of carbonyl (C=O) groups is 1. The van der Waals surface area contributed by atoms with E-state index < -0.39 is 16.5 Å². The van der Waals surface area contributed by atoms with E-state index in [4.69, 9.17) is 0 Å². The monoisotopic (exact) mass is 286 g/mol. The van der Waals surface area contributed by atoms with E-state index in [1.54, 1.807) is 37.3 Å². The molecule has 0 saturated carbocycles. The molecule has 1 aromatic heterocycles. The Labute approximate surface area is 120 Å². The van der Waals surface area contributed by atoms with Gasteiger partial charge in [-0.25, -0.2) is 0 Å². The first kappa shape index (κ1) is 14.6. The highest BCUT2D eigenvalue weighted by Crippen LogP contribution is 2.20. The first-order chi connectivity index (χ1) is 9.93. The topological polar surface area (TPSA) is 82.2 Å². The van der Waals surface area contributed by atoms with Gasteiger partial charge >= 0.3 is 0 Å². The molecule has 0 bridgehead atoms. The molecule has 108 valence electrons. The maximum atomic E-state index is 12.4. The Morgan fingerprint density at radius 1 is 1.19 bits per heavy atom. The highest BCUT2D eigenvalue weighted by atomic mass is 16.6. The predicted molar refractivity (Wildman–Crippen MR) is 77.6 cm³/mol. The van der Waals surface area contributed by atoms with Crippen LogP contribution < -0.4 is 5.56 Å². The van der Waals surface area contributed by atoms with Gasteiger partial charge in [-0.3, -0.25) is 24.3 Å². The zero-order chi connectivity index (χ0) is 15.6. The lowest BCUT2D eigenvalue weighted by Crippen LogP contribution is -2.30.